The minimum Gasteiger partial charge on any atom is -0.497 e. The molecular weight excluding hydrogens is 239 g/mol. The van der Waals surface area contributed by atoms with Crippen LogP contribution in [0.3, 0.4) is 0 Å². The van der Waals surface area contributed by atoms with E-state index in [1.807, 2.05) is 12.1 Å². The molecule has 0 aromatic heterocycles. The summed E-state index contributed by atoms with van der Waals surface area (Å²) in [5.41, 5.74) is 1.68. The Kier molecular flexibility index (Phi) is 3.67. The summed E-state index contributed by atoms with van der Waals surface area (Å²) in [4.78, 5) is 0. The zero-order valence-electron chi connectivity index (χ0n) is 12.7. The van der Waals surface area contributed by atoms with Gasteiger partial charge in [-0.2, -0.15) is 0 Å². The number of hydrogen-bond donors (Lipinski definition) is 0. The van der Waals surface area contributed by atoms with Crippen LogP contribution in [0.4, 0.5) is 0 Å². The van der Waals surface area contributed by atoms with Gasteiger partial charge in [0.25, 0.3) is 0 Å². The second-order valence-electron chi connectivity index (χ2n) is 6.01. The lowest BCUT2D eigenvalue weighted by Gasteiger charge is -2.32. The molecule has 0 radical (unpaired) electrons. The SMILES string of the molecule is CCc1ccc(OC)cc1B1OC(C)(C)C(C)(C)O1. The van der Waals surface area contributed by atoms with Gasteiger partial charge in [-0.05, 0) is 57.3 Å². The number of rotatable bonds is 3. The predicted molar refractivity (Wildman–Crippen MR) is 78.1 cm³/mol. The van der Waals surface area contributed by atoms with Crippen LogP contribution in [0.15, 0.2) is 18.2 Å². The molecule has 3 nitrogen and oxygen atoms in total. The van der Waals surface area contributed by atoms with Gasteiger partial charge in [0.1, 0.15) is 5.75 Å². The molecule has 1 aliphatic rings. The van der Waals surface area contributed by atoms with Gasteiger partial charge in [-0.1, -0.05) is 13.0 Å². The molecule has 2 rings (SSSR count). The molecule has 1 aromatic carbocycles. The van der Waals surface area contributed by atoms with E-state index in [4.69, 9.17) is 14.0 Å². The van der Waals surface area contributed by atoms with Crippen LogP contribution in [0, 0.1) is 0 Å². The van der Waals surface area contributed by atoms with Crippen LogP contribution in [-0.4, -0.2) is 25.4 Å². The molecule has 0 amide bonds. The molecule has 104 valence electrons. The highest BCUT2D eigenvalue weighted by molar-refractivity contribution is 6.62. The summed E-state index contributed by atoms with van der Waals surface area (Å²) in [6.45, 7) is 10.4. The molecule has 0 N–H and O–H groups in total. The third kappa shape index (κ3) is 2.52. The summed E-state index contributed by atoms with van der Waals surface area (Å²) in [6, 6.07) is 6.08. The minimum absolute atomic E-state index is 0.314. The van der Waals surface area contributed by atoms with Crippen LogP contribution in [0.5, 0.6) is 5.75 Å². The van der Waals surface area contributed by atoms with Crippen LogP contribution >= 0.6 is 0 Å². The molecule has 1 aromatic rings. The van der Waals surface area contributed by atoms with Crippen molar-refractivity contribution in [2.75, 3.05) is 7.11 Å². The summed E-state index contributed by atoms with van der Waals surface area (Å²) < 4.78 is 17.5. The largest absolute Gasteiger partial charge is 0.497 e. The summed E-state index contributed by atoms with van der Waals surface area (Å²) in [5, 5.41) is 0. The van der Waals surface area contributed by atoms with E-state index in [0.29, 0.717) is 0 Å². The number of ether oxygens (including phenoxy) is 1. The van der Waals surface area contributed by atoms with Crippen molar-refractivity contribution in [3.05, 3.63) is 23.8 Å². The van der Waals surface area contributed by atoms with Crippen LogP contribution in [-0.2, 0) is 15.7 Å². The number of benzene rings is 1. The van der Waals surface area contributed by atoms with E-state index in [1.165, 1.54) is 5.56 Å². The minimum atomic E-state index is -0.324. The van der Waals surface area contributed by atoms with E-state index in [1.54, 1.807) is 7.11 Å². The van der Waals surface area contributed by atoms with Crippen molar-refractivity contribution in [2.45, 2.75) is 52.2 Å². The van der Waals surface area contributed by atoms with Gasteiger partial charge in [0.15, 0.2) is 0 Å². The van der Waals surface area contributed by atoms with Gasteiger partial charge in [-0.25, -0.2) is 0 Å². The lowest BCUT2D eigenvalue weighted by Crippen LogP contribution is -2.41. The molecule has 0 atom stereocenters. The molecule has 4 heteroatoms. The Bertz CT molecular complexity index is 452. The molecule has 1 heterocycles. The van der Waals surface area contributed by atoms with E-state index in [-0.39, 0.29) is 18.3 Å². The Morgan fingerprint density at radius 1 is 1.11 bits per heavy atom. The summed E-state index contributed by atoms with van der Waals surface area (Å²) >= 11 is 0. The van der Waals surface area contributed by atoms with Crippen molar-refractivity contribution in [1.82, 2.24) is 0 Å². The van der Waals surface area contributed by atoms with Gasteiger partial charge in [0.05, 0.1) is 18.3 Å². The van der Waals surface area contributed by atoms with Crippen molar-refractivity contribution in [3.63, 3.8) is 0 Å². The van der Waals surface area contributed by atoms with Gasteiger partial charge in [0, 0.05) is 0 Å². The Labute approximate surface area is 116 Å². The maximum absolute atomic E-state index is 6.11. The Morgan fingerprint density at radius 2 is 1.68 bits per heavy atom. The number of hydrogen-bond acceptors (Lipinski definition) is 3. The molecule has 1 fully saturated rings. The first kappa shape index (κ1) is 14.4. The predicted octanol–water partition coefficient (Wildman–Crippen LogP) is 2.56. The van der Waals surface area contributed by atoms with Crippen molar-refractivity contribution < 1.29 is 14.0 Å². The Hall–Kier alpha value is -0.995. The van der Waals surface area contributed by atoms with E-state index < -0.39 is 0 Å². The first-order valence-corrected chi connectivity index (χ1v) is 6.83. The van der Waals surface area contributed by atoms with Gasteiger partial charge in [-0.15, -0.1) is 0 Å². The van der Waals surface area contributed by atoms with Crippen LogP contribution in [0.2, 0.25) is 0 Å². The summed E-state index contributed by atoms with van der Waals surface area (Å²) in [7, 11) is 1.35. The zero-order valence-corrected chi connectivity index (χ0v) is 12.7. The zero-order chi connectivity index (χ0) is 14.3. The topological polar surface area (TPSA) is 27.7 Å². The van der Waals surface area contributed by atoms with Crippen molar-refractivity contribution in [2.24, 2.45) is 0 Å². The second-order valence-corrected chi connectivity index (χ2v) is 6.01. The fourth-order valence-electron chi connectivity index (χ4n) is 2.21. The molecule has 0 saturated carbocycles. The van der Waals surface area contributed by atoms with E-state index in [2.05, 4.69) is 40.7 Å². The highest BCUT2D eigenvalue weighted by Crippen LogP contribution is 2.36. The molecule has 1 aliphatic heterocycles. The molecule has 1 saturated heterocycles. The maximum atomic E-state index is 6.11. The van der Waals surface area contributed by atoms with Crippen molar-refractivity contribution in [1.29, 1.82) is 0 Å². The second kappa shape index (κ2) is 4.84. The average molecular weight is 262 g/mol. The van der Waals surface area contributed by atoms with Crippen LogP contribution in [0.25, 0.3) is 0 Å². The van der Waals surface area contributed by atoms with Gasteiger partial charge < -0.3 is 14.0 Å². The van der Waals surface area contributed by atoms with Crippen molar-refractivity contribution >= 4 is 12.6 Å². The van der Waals surface area contributed by atoms with Crippen LogP contribution in [0.1, 0.15) is 40.2 Å². The number of methoxy groups -OCH3 is 1. The molecule has 0 bridgehead atoms. The molecule has 19 heavy (non-hydrogen) atoms. The number of aryl methyl sites for hydroxylation is 1. The lowest BCUT2D eigenvalue weighted by atomic mass is 9.75. The normalized spacial score (nSPS) is 20.6. The monoisotopic (exact) mass is 262 g/mol. The third-order valence-corrected chi connectivity index (χ3v) is 4.24. The smallest absolute Gasteiger partial charge is 0.495 e. The first-order chi connectivity index (χ1) is 8.80. The average Bonchev–Trinajstić information content (AvgIpc) is 2.57. The first-order valence-electron chi connectivity index (χ1n) is 6.83. The van der Waals surface area contributed by atoms with Gasteiger partial charge in [0.2, 0.25) is 0 Å². The summed E-state index contributed by atoms with van der Waals surface area (Å²) in [5.74, 6) is 0.835. The van der Waals surface area contributed by atoms with E-state index >= 15 is 0 Å². The molecule has 0 spiro atoms. The molecular formula is C15H23BO3. The van der Waals surface area contributed by atoms with Gasteiger partial charge >= 0.3 is 7.12 Å². The fourth-order valence-corrected chi connectivity index (χ4v) is 2.21. The maximum Gasteiger partial charge on any atom is 0.495 e. The lowest BCUT2D eigenvalue weighted by molar-refractivity contribution is 0.00578. The summed E-state index contributed by atoms with van der Waals surface area (Å²) in [6.07, 6.45) is 0.948. The standard InChI is InChI=1S/C15H23BO3/c1-7-11-8-9-12(17-6)10-13(11)16-18-14(2,3)15(4,5)19-16/h8-10H,7H2,1-6H3. The Morgan fingerprint density at radius 3 is 2.16 bits per heavy atom. The quantitative estimate of drug-likeness (QED) is 0.783. The van der Waals surface area contributed by atoms with E-state index in [9.17, 15) is 0 Å². The Balaban J connectivity index is 2.38. The highest BCUT2D eigenvalue weighted by atomic mass is 16.7. The molecule has 0 unspecified atom stereocenters. The van der Waals surface area contributed by atoms with Crippen molar-refractivity contribution in [3.8, 4) is 5.75 Å². The molecule has 0 aliphatic carbocycles. The third-order valence-electron chi connectivity index (χ3n) is 4.24. The highest BCUT2D eigenvalue weighted by Gasteiger charge is 2.52. The van der Waals surface area contributed by atoms with Gasteiger partial charge in [-0.3, -0.25) is 0 Å². The fraction of sp³-hybridized carbons (Fsp3) is 0.600. The van der Waals surface area contributed by atoms with E-state index in [0.717, 1.165) is 17.6 Å². The van der Waals surface area contributed by atoms with Crippen LogP contribution < -0.4 is 10.2 Å².